The number of ketones is 1. The molecule has 0 saturated carbocycles. The number of aryl methyl sites for hydroxylation is 1. The Morgan fingerprint density at radius 1 is 1.00 bits per heavy atom. The minimum absolute atomic E-state index is 0.00261. The third kappa shape index (κ3) is 3.31. The van der Waals surface area contributed by atoms with E-state index in [-0.39, 0.29) is 17.6 Å². The van der Waals surface area contributed by atoms with Gasteiger partial charge in [0.2, 0.25) is 11.7 Å². The molecule has 4 heteroatoms. The third-order valence-corrected chi connectivity index (χ3v) is 5.31. The normalized spacial score (nSPS) is 15.4. The predicted molar refractivity (Wildman–Crippen MR) is 105 cm³/mol. The van der Waals surface area contributed by atoms with E-state index in [2.05, 4.69) is 5.32 Å². The number of carbonyl (C=O) groups is 2. The molecule has 1 aliphatic rings. The number of fused-ring (bicyclic) bond motifs is 1. The second kappa shape index (κ2) is 7.23. The molecule has 4 rings (SSSR count). The number of hydrogen-bond acceptors (Lipinski definition) is 2. The average Bonchev–Trinajstić information content (AvgIpc) is 3.29. The first-order chi connectivity index (χ1) is 13.1. The van der Waals surface area contributed by atoms with Gasteiger partial charge in [-0.25, -0.2) is 0 Å². The maximum absolute atomic E-state index is 12.8. The van der Waals surface area contributed by atoms with Gasteiger partial charge >= 0.3 is 0 Å². The van der Waals surface area contributed by atoms with Gasteiger partial charge in [-0.1, -0.05) is 54.6 Å². The number of hydrogen-bond donors (Lipinski definition) is 1. The van der Waals surface area contributed by atoms with Crippen LogP contribution in [0.25, 0.3) is 0 Å². The summed E-state index contributed by atoms with van der Waals surface area (Å²) in [6.45, 7) is 3.26. The molecule has 27 heavy (non-hydrogen) atoms. The number of nitrogens with one attached hydrogen (secondary N) is 1. The molecule has 0 unspecified atom stereocenters. The van der Waals surface area contributed by atoms with E-state index in [1.807, 2.05) is 78.2 Å². The fourth-order valence-electron chi connectivity index (χ4n) is 3.76. The number of nitrogens with zero attached hydrogens (tertiary/aromatic N) is 1. The van der Waals surface area contributed by atoms with E-state index in [4.69, 9.17) is 0 Å². The monoisotopic (exact) mass is 358 g/mol. The van der Waals surface area contributed by atoms with Crippen molar-refractivity contribution in [1.82, 2.24) is 9.88 Å². The molecule has 1 aromatic heterocycles. The van der Waals surface area contributed by atoms with Crippen molar-refractivity contribution in [3.8, 4) is 0 Å². The average molecular weight is 358 g/mol. The van der Waals surface area contributed by atoms with Crippen molar-refractivity contribution in [2.75, 3.05) is 0 Å². The van der Waals surface area contributed by atoms with Crippen LogP contribution in [0, 0.1) is 6.92 Å². The van der Waals surface area contributed by atoms with Crippen molar-refractivity contribution in [3.05, 3.63) is 94.8 Å². The molecule has 1 N–H and O–H groups in total. The molecule has 0 spiro atoms. The minimum atomic E-state index is -0.202. The van der Waals surface area contributed by atoms with Gasteiger partial charge < -0.3 is 9.88 Å². The van der Waals surface area contributed by atoms with Gasteiger partial charge in [0.15, 0.2) is 0 Å². The summed E-state index contributed by atoms with van der Waals surface area (Å²) in [5.74, 6) is -0.178. The Balaban J connectivity index is 1.49. The zero-order valence-electron chi connectivity index (χ0n) is 15.3. The number of rotatable bonds is 5. The highest BCUT2D eigenvalue weighted by Gasteiger charge is 2.31. The Kier molecular flexibility index (Phi) is 4.63. The van der Waals surface area contributed by atoms with Crippen LogP contribution in [-0.4, -0.2) is 16.3 Å². The smallest absolute Gasteiger partial charge is 0.229 e. The summed E-state index contributed by atoms with van der Waals surface area (Å²) in [6, 6.07) is 21.1. The van der Waals surface area contributed by atoms with E-state index in [0.717, 1.165) is 17.7 Å². The van der Waals surface area contributed by atoms with Crippen molar-refractivity contribution in [3.63, 3.8) is 0 Å². The zero-order chi connectivity index (χ0) is 18.8. The van der Waals surface area contributed by atoms with E-state index in [1.54, 1.807) is 0 Å². The number of carbonyl (C=O) groups excluding carboxylic acids is 2. The molecule has 3 aromatic rings. The first-order valence-corrected chi connectivity index (χ1v) is 9.26. The summed E-state index contributed by atoms with van der Waals surface area (Å²) in [6.07, 6.45) is 0.727. The maximum atomic E-state index is 12.8. The van der Waals surface area contributed by atoms with Crippen LogP contribution in [0.3, 0.4) is 0 Å². The molecule has 0 bridgehead atoms. The van der Waals surface area contributed by atoms with Crippen LogP contribution in [0.4, 0.5) is 0 Å². The van der Waals surface area contributed by atoms with Crippen LogP contribution < -0.4 is 5.32 Å². The molecule has 0 saturated heterocycles. The summed E-state index contributed by atoms with van der Waals surface area (Å²) < 4.78 is 1.99. The lowest BCUT2D eigenvalue weighted by atomic mass is 10.0. The Bertz CT molecular complexity index is 989. The van der Waals surface area contributed by atoms with Crippen molar-refractivity contribution in [1.29, 1.82) is 0 Å². The number of aromatic nitrogens is 1. The lowest BCUT2D eigenvalue weighted by Crippen LogP contribution is -2.28. The van der Waals surface area contributed by atoms with E-state index in [1.165, 1.54) is 5.56 Å². The summed E-state index contributed by atoms with van der Waals surface area (Å²) in [5, 5.41) is 3.06. The standard InChI is InChI=1S/C23H22N2O2/c1-16-7-5-6-10-18(16)15-24-23(27)19-13-14-25-20(19)11-12-21(25)22(26)17-8-3-2-4-9-17/h2-12,19H,13-15H2,1H3,(H,24,27)/t19-/m1/s1. The topological polar surface area (TPSA) is 51.1 Å². The van der Waals surface area contributed by atoms with Gasteiger partial charge in [-0.05, 0) is 36.6 Å². The van der Waals surface area contributed by atoms with Crippen LogP contribution in [0.15, 0.2) is 66.7 Å². The Labute approximate surface area is 158 Å². The Morgan fingerprint density at radius 3 is 2.52 bits per heavy atom. The van der Waals surface area contributed by atoms with E-state index in [0.29, 0.717) is 24.3 Å². The van der Waals surface area contributed by atoms with Gasteiger partial charge in [0, 0.05) is 24.3 Å². The van der Waals surface area contributed by atoms with Gasteiger partial charge in [-0.2, -0.15) is 0 Å². The minimum Gasteiger partial charge on any atom is -0.351 e. The van der Waals surface area contributed by atoms with Crippen molar-refractivity contribution < 1.29 is 9.59 Å². The maximum Gasteiger partial charge on any atom is 0.229 e. The van der Waals surface area contributed by atoms with Crippen molar-refractivity contribution >= 4 is 11.7 Å². The fraction of sp³-hybridized carbons (Fsp3) is 0.217. The molecule has 1 atom stereocenters. The summed E-state index contributed by atoms with van der Waals surface area (Å²) >= 11 is 0. The number of benzene rings is 2. The highest BCUT2D eigenvalue weighted by molar-refractivity contribution is 6.08. The molecule has 0 fully saturated rings. The third-order valence-electron chi connectivity index (χ3n) is 5.31. The first-order valence-electron chi connectivity index (χ1n) is 9.26. The van der Waals surface area contributed by atoms with Crippen LogP contribution in [0.2, 0.25) is 0 Å². The first kappa shape index (κ1) is 17.3. The molecule has 2 aromatic carbocycles. The molecule has 4 nitrogen and oxygen atoms in total. The molecule has 136 valence electrons. The van der Waals surface area contributed by atoms with Crippen molar-refractivity contribution in [2.24, 2.45) is 0 Å². The zero-order valence-corrected chi connectivity index (χ0v) is 15.3. The molecule has 1 aliphatic heterocycles. The van der Waals surface area contributed by atoms with Gasteiger partial charge in [0.1, 0.15) is 0 Å². The van der Waals surface area contributed by atoms with Crippen molar-refractivity contribution in [2.45, 2.75) is 32.4 Å². The summed E-state index contributed by atoms with van der Waals surface area (Å²) in [5.41, 5.74) is 4.55. The summed E-state index contributed by atoms with van der Waals surface area (Å²) in [4.78, 5) is 25.5. The van der Waals surface area contributed by atoms with E-state index >= 15 is 0 Å². The van der Waals surface area contributed by atoms with Crippen LogP contribution >= 0.6 is 0 Å². The van der Waals surface area contributed by atoms with Crippen LogP contribution in [-0.2, 0) is 17.9 Å². The molecule has 0 radical (unpaired) electrons. The Hall–Kier alpha value is -3.14. The van der Waals surface area contributed by atoms with Crippen LogP contribution in [0.5, 0.6) is 0 Å². The molecule has 0 aliphatic carbocycles. The quantitative estimate of drug-likeness (QED) is 0.705. The highest BCUT2D eigenvalue weighted by atomic mass is 16.2. The number of amides is 1. The highest BCUT2D eigenvalue weighted by Crippen LogP contribution is 2.31. The molecular weight excluding hydrogens is 336 g/mol. The van der Waals surface area contributed by atoms with Gasteiger partial charge in [0.25, 0.3) is 0 Å². The predicted octanol–water partition coefficient (Wildman–Crippen LogP) is 3.83. The largest absolute Gasteiger partial charge is 0.351 e. The molecule has 1 amide bonds. The second-order valence-corrected chi connectivity index (χ2v) is 6.98. The van der Waals surface area contributed by atoms with E-state index in [9.17, 15) is 9.59 Å². The second-order valence-electron chi connectivity index (χ2n) is 6.98. The van der Waals surface area contributed by atoms with Gasteiger partial charge in [0.05, 0.1) is 11.6 Å². The molecular formula is C23H22N2O2. The van der Waals surface area contributed by atoms with Gasteiger partial charge in [-0.15, -0.1) is 0 Å². The van der Waals surface area contributed by atoms with E-state index < -0.39 is 0 Å². The fourth-order valence-corrected chi connectivity index (χ4v) is 3.76. The summed E-state index contributed by atoms with van der Waals surface area (Å²) in [7, 11) is 0. The van der Waals surface area contributed by atoms with Crippen LogP contribution in [0.1, 0.15) is 45.2 Å². The lowest BCUT2D eigenvalue weighted by molar-refractivity contribution is -0.122. The van der Waals surface area contributed by atoms with Gasteiger partial charge in [-0.3, -0.25) is 9.59 Å². The Morgan fingerprint density at radius 2 is 1.74 bits per heavy atom. The molecule has 2 heterocycles. The lowest BCUT2D eigenvalue weighted by Gasteiger charge is -2.12. The SMILES string of the molecule is Cc1ccccc1CNC(=O)[C@@H]1CCn2c(C(=O)c3ccccc3)ccc21.